The monoisotopic (exact) mass is 355 g/mol. The van der Waals surface area contributed by atoms with E-state index in [1.165, 1.54) is 0 Å². The second kappa shape index (κ2) is 7.60. The van der Waals surface area contributed by atoms with Gasteiger partial charge in [-0.3, -0.25) is 9.59 Å². The number of carbonyl (C=O) groups is 2. The number of carboxylic acids is 1. The van der Waals surface area contributed by atoms with Crippen molar-refractivity contribution in [1.29, 1.82) is 0 Å². The zero-order valence-corrected chi connectivity index (χ0v) is 15.6. The zero-order chi connectivity index (χ0) is 19.4. The van der Waals surface area contributed by atoms with E-state index in [0.29, 0.717) is 16.9 Å². The highest BCUT2D eigenvalue weighted by molar-refractivity contribution is 5.95. The van der Waals surface area contributed by atoms with E-state index in [1.54, 1.807) is 55.5 Å². The molecule has 5 nitrogen and oxygen atoms in total. The molecule has 0 aliphatic carbocycles. The second-order valence-corrected chi connectivity index (χ2v) is 7.42. The van der Waals surface area contributed by atoms with Gasteiger partial charge in [-0.2, -0.15) is 0 Å². The van der Waals surface area contributed by atoms with Crippen molar-refractivity contribution in [1.82, 2.24) is 5.32 Å². The molecule has 2 aromatic carbocycles. The number of benzene rings is 2. The first-order chi connectivity index (χ1) is 12.1. The number of hydrogen-bond donors (Lipinski definition) is 2. The molecule has 0 spiro atoms. The van der Waals surface area contributed by atoms with Gasteiger partial charge in [-0.25, -0.2) is 0 Å². The quantitative estimate of drug-likeness (QED) is 0.829. The molecule has 1 unspecified atom stereocenters. The number of rotatable bonds is 6. The van der Waals surface area contributed by atoms with Crippen LogP contribution in [0, 0.1) is 0 Å². The molecule has 0 aliphatic heterocycles. The predicted molar refractivity (Wildman–Crippen MR) is 101 cm³/mol. The van der Waals surface area contributed by atoms with Crippen molar-refractivity contribution in [2.75, 3.05) is 6.54 Å². The lowest BCUT2D eigenvalue weighted by atomic mass is 9.82. The van der Waals surface area contributed by atoms with E-state index < -0.39 is 11.4 Å². The standard InChI is InChI=1S/C21H25NO4/c1-20(2,3)26-17-12-10-15(11-13-17)18(23)22-14-21(4,19(24)25)16-8-6-5-7-9-16/h5-13H,14H2,1-4H3,(H,22,23)(H,24,25). The van der Waals surface area contributed by atoms with Gasteiger partial charge in [-0.05, 0) is 57.5 Å². The van der Waals surface area contributed by atoms with E-state index in [0.717, 1.165) is 0 Å². The fraction of sp³-hybridized carbons (Fsp3) is 0.333. The summed E-state index contributed by atoms with van der Waals surface area (Å²) in [6.07, 6.45) is 0. The van der Waals surface area contributed by atoms with E-state index >= 15 is 0 Å². The van der Waals surface area contributed by atoms with Gasteiger partial charge >= 0.3 is 5.97 Å². The second-order valence-electron chi connectivity index (χ2n) is 7.42. The average molecular weight is 355 g/mol. The summed E-state index contributed by atoms with van der Waals surface area (Å²) < 4.78 is 5.73. The Morgan fingerprint density at radius 2 is 1.54 bits per heavy atom. The van der Waals surface area contributed by atoms with Crippen molar-refractivity contribution in [2.24, 2.45) is 0 Å². The summed E-state index contributed by atoms with van der Waals surface area (Å²) in [6.45, 7) is 7.44. The summed E-state index contributed by atoms with van der Waals surface area (Å²) >= 11 is 0. The Morgan fingerprint density at radius 1 is 0.962 bits per heavy atom. The first-order valence-corrected chi connectivity index (χ1v) is 8.48. The van der Waals surface area contributed by atoms with Crippen LogP contribution in [0.25, 0.3) is 0 Å². The van der Waals surface area contributed by atoms with Crippen LogP contribution in [-0.2, 0) is 10.2 Å². The summed E-state index contributed by atoms with van der Waals surface area (Å²) in [6, 6.07) is 15.7. The van der Waals surface area contributed by atoms with Gasteiger partial charge in [0.2, 0.25) is 0 Å². The molecular weight excluding hydrogens is 330 g/mol. The third kappa shape index (κ3) is 4.85. The van der Waals surface area contributed by atoms with Crippen molar-refractivity contribution in [3.63, 3.8) is 0 Å². The Kier molecular flexibility index (Phi) is 5.70. The molecular formula is C21H25NO4. The molecule has 0 aliphatic rings. The number of ether oxygens (including phenoxy) is 1. The van der Waals surface area contributed by atoms with E-state index in [1.807, 2.05) is 26.8 Å². The molecule has 0 fully saturated rings. The Labute approximate surface area is 154 Å². The number of hydrogen-bond acceptors (Lipinski definition) is 3. The van der Waals surface area contributed by atoms with Gasteiger partial charge in [0.25, 0.3) is 5.91 Å². The Bertz CT molecular complexity index is 763. The predicted octanol–water partition coefficient (Wildman–Crippen LogP) is 3.64. The Morgan fingerprint density at radius 3 is 2.04 bits per heavy atom. The van der Waals surface area contributed by atoms with Gasteiger partial charge in [-0.1, -0.05) is 30.3 Å². The first-order valence-electron chi connectivity index (χ1n) is 8.48. The zero-order valence-electron chi connectivity index (χ0n) is 15.6. The molecule has 0 bridgehead atoms. The van der Waals surface area contributed by atoms with Gasteiger partial charge in [-0.15, -0.1) is 0 Å². The minimum atomic E-state index is -1.20. The van der Waals surface area contributed by atoms with Crippen LogP contribution in [0.5, 0.6) is 5.75 Å². The lowest BCUT2D eigenvalue weighted by molar-refractivity contribution is -0.142. The highest BCUT2D eigenvalue weighted by Gasteiger charge is 2.35. The highest BCUT2D eigenvalue weighted by atomic mass is 16.5. The normalized spacial score (nSPS) is 13.5. The van der Waals surface area contributed by atoms with Crippen LogP contribution in [0.3, 0.4) is 0 Å². The fourth-order valence-corrected chi connectivity index (χ4v) is 2.49. The topological polar surface area (TPSA) is 75.6 Å². The maximum atomic E-state index is 12.4. The highest BCUT2D eigenvalue weighted by Crippen LogP contribution is 2.24. The van der Waals surface area contributed by atoms with Crippen LogP contribution in [0.1, 0.15) is 43.6 Å². The molecule has 1 atom stereocenters. The summed E-state index contributed by atoms with van der Waals surface area (Å²) in [4.78, 5) is 24.2. The van der Waals surface area contributed by atoms with Gasteiger partial charge in [0.05, 0.1) is 0 Å². The first kappa shape index (κ1) is 19.5. The molecule has 138 valence electrons. The summed E-state index contributed by atoms with van der Waals surface area (Å²) in [7, 11) is 0. The van der Waals surface area contributed by atoms with Crippen molar-refractivity contribution in [3.05, 3.63) is 65.7 Å². The van der Waals surface area contributed by atoms with Gasteiger partial charge in [0.1, 0.15) is 16.8 Å². The summed E-state index contributed by atoms with van der Waals surface area (Å²) in [5.41, 5.74) is -0.427. The van der Waals surface area contributed by atoms with Gasteiger partial charge < -0.3 is 15.2 Å². The third-order valence-electron chi connectivity index (χ3n) is 4.03. The lowest BCUT2D eigenvalue weighted by Crippen LogP contribution is -2.44. The number of carboxylic acid groups (broad SMARTS) is 1. The van der Waals surface area contributed by atoms with Crippen molar-refractivity contribution in [2.45, 2.75) is 38.7 Å². The summed E-state index contributed by atoms with van der Waals surface area (Å²) in [5.74, 6) is -0.637. The van der Waals surface area contributed by atoms with Crippen LogP contribution in [0.15, 0.2) is 54.6 Å². The SMILES string of the molecule is CC(C)(C)Oc1ccc(C(=O)NCC(C)(C(=O)O)c2ccccc2)cc1. The molecule has 0 aromatic heterocycles. The number of aliphatic carboxylic acids is 1. The smallest absolute Gasteiger partial charge is 0.315 e. The van der Waals surface area contributed by atoms with E-state index in [2.05, 4.69) is 5.32 Å². The van der Waals surface area contributed by atoms with Crippen LogP contribution in [0.4, 0.5) is 0 Å². The van der Waals surface area contributed by atoms with Crippen LogP contribution in [0.2, 0.25) is 0 Å². The Balaban J connectivity index is 2.08. The van der Waals surface area contributed by atoms with E-state index in [4.69, 9.17) is 4.74 Å². The van der Waals surface area contributed by atoms with E-state index in [9.17, 15) is 14.7 Å². The molecule has 2 aromatic rings. The lowest BCUT2D eigenvalue weighted by Gasteiger charge is -2.25. The maximum absolute atomic E-state index is 12.4. The van der Waals surface area contributed by atoms with Crippen molar-refractivity contribution in [3.8, 4) is 5.75 Å². The number of amides is 1. The van der Waals surface area contributed by atoms with Crippen LogP contribution >= 0.6 is 0 Å². The fourth-order valence-electron chi connectivity index (χ4n) is 2.49. The maximum Gasteiger partial charge on any atom is 0.315 e. The van der Waals surface area contributed by atoms with Crippen LogP contribution < -0.4 is 10.1 Å². The number of carbonyl (C=O) groups excluding carboxylic acids is 1. The van der Waals surface area contributed by atoms with Gasteiger partial charge in [0.15, 0.2) is 0 Å². The average Bonchev–Trinajstić information content (AvgIpc) is 2.59. The molecule has 5 heteroatoms. The Hall–Kier alpha value is -2.82. The molecule has 2 rings (SSSR count). The van der Waals surface area contributed by atoms with Crippen molar-refractivity contribution >= 4 is 11.9 Å². The molecule has 26 heavy (non-hydrogen) atoms. The minimum absolute atomic E-state index is 0.00851. The molecule has 0 radical (unpaired) electrons. The summed E-state index contributed by atoms with van der Waals surface area (Å²) in [5, 5.41) is 12.4. The molecule has 0 heterocycles. The minimum Gasteiger partial charge on any atom is -0.488 e. The molecule has 1 amide bonds. The molecule has 0 saturated carbocycles. The number of nitrogens with one attached hydrogen (secondary N) is 1. The largest absolute Gasteiger partial charge is 0.488 e. The van der Waals surface area contributed by atoms with Crippen molar-refractivity contribution < 1.29 is 19.4 Å². The molecule has 2 N–H and O–H groups in total. The van der Waals surface area contributed by atoms with Gasteiger partial charge in [0, 0.05) is 12.1 Å². The van der Waals surface area contributed by atoms with Crippen LogP contribution in [-0.4, -0.2) is 29.1 Å². The molecule has 0 saturated heterocycles. The van der Waals surface area contributed by atoms with E-state index in [-0.39, 0.29) is 18.1 Å². The third-order valence-corrected chi connectivity index (χ3v) is 4.03.